The molecule has 0 atom stereocenters. The molecule has 6 nitrogen and oxygen atoms in total. The lowest BCUT2D eigenvalue weighted by atomic mass is 10.2. The van der Waals surface area contributed by atoms with Crippen molar-refractivity contribution in [3.05, 3.63) is 18.2 Å². The summed E-state index contributed by atoms with van der Waals surface area (Å²) in [5.41, 5.74) is 6.83. The number of amides is 2. The van der Waals surface area contributed by atoms with Crippen LogP contribution in [0.2, 0.25) is 0 Å². The Morgan fingerprint density at radius 3 is 2.73 bits per heavy atom. The molecule has 1 aromatic rings. The number of hydrogen-bond donors (Lipinski definition) is 3. The van der Waals surface area contributed by atoms with Crippen LogP contribution in [0.25, 0.3) is 0 Å². The van der Waals surface area contributed by atoms with Crippen molar-refractivity contribution in [3.8, 4) is 5.75 Å². The first-order valence-electron chi connectivity index (χ1n) is 7.11. The molecule has 0 saturated heterocycles. The third-order valence-corrected chi connectivity index (χ3v) is 3.36. The summed E-state index contributed by atoms with van der Waals surface area (Å²) in [6.45, 7) is 0.524. The molecule has 1 aliphatic carbocycles. The highest BCUT2D eigenvalue weighted by Gasteiger charge is 2.28. The minimum atomic E-state index is -0.129. The van der Waals surface area contributed by atoms with Crippen molar-refractivity contribution < 1.29 is 14.3 Å². The van der Waals surface area contributed by atoms with E-state index in [9.17, 15) is 9.59 Å². The molecular weight excluding hydrogens is 306 g/mol. The SMILES string of the molecule is COc1ccc(N)c(NC(=O)CCCNC(=O)C2CC2)c1.Cl. The number of benzene rings is 1. The van der Waals surface area contributed by atoms with Gasteiger partial charge in [0.2, 0.25) is 11.8 Å². The summed E-state index contributed by atoms with van der Waals surface area (Å²) in [5, 5.41) is 5.58. The molecule has 0 radical (unpaired) electrons. The van der Waals surface area contributed by atoms with Gasteiger partial charge in [0.15, 0.2) is 0 Å². The van der Waals surface area contributed by atoms with Gasteiger partial charge in [-0.25, -0.2) is 0 Å². The lowest BCUT2D eigenvalue weighted by Crippen LogP contribution is -2.26. The number of ether oxygens (including phenoxy) is 1. The van der Waals surface area contributed by atoms with Crippen LogP contribution >= 0.6 is 12.4 Å². The average Bonchev–Trinajstić information content (AvgIpc) is 3.30. The topological polar surface area (TPSA) is 93.4 Å². The Balaban J connectivity index is 0.00000242. The van der Waals surface area contributed by atoms with Crippen molar-refractivity contribution in [2.24, 2.45) is 5.92 Å². The standard InChI is InChI=1S/C15H21N3O3.ClH/c1-21-11-6-7-12(16)13(9-11)18-14(19)3-2-8-17-15(20)10-4-5-10;/h6-7,9-10H,2-5,8,16H2,1H3,(H,17,20)(H,18,19);1H. The number of nitrogens with two attached hydrogens (primary N) is 1. The van der Waals surface area contributed by atoms with Crippen LogP contribution in [-0.2, 0) is 9.59 Å². The third kappa shape index (κ3) is 5.44. The molecule has 0 spiro atoms. The summed E-state index contributed by atoms with van der Waals surface area (Å²) in [6, 6.07) is 5.10. The van der Waals surface area contributed by atoms with Gasteiger partial charge in [-0.05, 0) is 31.4 Å². The van der Waals surface area contributed by atoms with E-state index in [-0.39, 0.29) is 30.1 Å². The van der Waals surface area contributed by atoms with Gasteiger partial charge in [-0.15, -0.1) is 12.4 Å². The lowest BCUT2D eigenvalue weighted by molar-refractivity contribution is -0.122. The number of nitrogens with one attached hydrogen (secondary N) is 2. The van der Waals surface area contributed by atoms with E-state index in [4.69, 9.17) is 10.5 Å². The highest BCUT2D eigenvalue weighted by atomic mass is 35.5. The summed E-state index contributed by atoms with van der Waals surface area (Å²) in [6.07, 6.45) is 2.92. The van der Waals surface area contributed by atoms with Crippen molar-refractivity contribution in [2.45, 2.75) is 25.7 Å². The molecule has 1 aliphatic rings. The van der Waals surface area contributed by atoms with Gasteiger partial charge in [0, 0.05) is 24.9 Å². The predicted molar refractivity (Wildman–Crippen MR) is 88.3 cm³/mol. The van der Waals surface area contributed by atoms with E-state index in [0.29, 0.717) is 36.5 Å². The van der Waals surface area contributed by atoms with Crippen LogP contribution in [0, 0.1) is 5.92 Å². The Morgan fingerprint density at radius 1 is 1.36 bits per heavy atom. The zero-order chi connectivity index (χ0) is 15.2. The molecule has 0 aromatic heterocycles. The summed E-state index contributed by atoms with van der Waals surface area (Å²) in [5.74, 6) is 0.815. The van der Waals surface area contributed by atoms with Gasteiger partial charge in [0.05, 0.1) is 18.5 Å². The molecule has 0 aliphatic heterocycles. The van der Waals surface area contributed by atoms with Crippen molar-refractivity contribution in [3.63, 3.8) is 0 Å². The van der Waals surface area contributed by atoms with Crippen LogP contribution in [0.4, 0.5) is 11.4 Å². The molecule has 4 N–H and O–H groups in total. The fraction of sp³-hybridized carbons (Fsp3) is 0.467. The molecule has 1 aromatic carbocycles. The molecule has 22 heavy (non-hydrogen) atoms. The van der Waals surface area contributed by atoms with Crippen LogP contribution in [0.1, 0.15) is 25.7 Å². The van der Waals surface area contributed by atoms with Gasteiger partial charge in [-0.3, -0.25) is 9.59 Å². The molecular formula is C15H22ClN3O3. The Labute approximate surface area is 136 Å². The third-order valence-electron chi connectivity index (χ3n) is 3.36. The van der Waals surface area contributed by atoms with Gasteiger partial charge in [0.25, 0.3) is 0 Å². The molecule has 2 rings (SSSR count). The second-order valence-electron chi connectivity index (χ2n) is 5.17. The van der Waals surface area contributed by atoms with Crippen LogP contribution in [-0.4, -0.2) is 25.5 Å². The summed E-state index contributed by atoms with van der Waals surface area (Å²) in [4.78, 5) is 23.2. The second-order valence-corrected chi connectivity index (χ2v) is 5.17. The van der Waals surface area contributed by atoms with Gasteiger partial charge >= 0.3 is 0 Å². The van der Waals surface area contributed by atoms with E-state index >= 15 is 0 Å². The predicted octanol–water partition coefficient (Wildman–Crippen LogP) is 1.94. The van der Waals surface area contributed by atoms with Crippen molar-refractivity contribution in [1.82, 2.24) is 5.32 Å². The van der Waals surface area contributed by atoms with E-state index in [0.717, 1.165) is 12.8 Å². The van der Waals surface area contributed by atoms with Crippen LogP contribution in [0.15, 0.2) is 18.2 Å². The number of rotatable bonds is 7. The largest absolute Gasteiger partial charge is 0.497 e. The summed E-state index contributed by atoms with van der Waals surface area (Å²) < 4.78 is 5.09. The van der Waals surface area contributed by atoms with E-state index in [1.807, 2.05) is 0 Å². The van der Waals surface area contributed by atoms with E-state index < -0.39 is 0 Å². The number of methoxy groups -OCH3 is 1. The van der Waals surface area contributed by atoms with E-state index in [1.54, 1.807) is 25.3 Å². The van der Waals surface area contributed by atoms with Crippen LogP contribution < -0.4 is 21.1 Å². The van der Waals surface area contributed by atoms with Crippen molar-refractivity contribution in [1.29, 1.82) is 0 Å². The lowest BCUT2D eigenvalue weighted by Gasteiger charge is -2.10. The maximum absolute atomic E-state index is 11.8. The molecule has 0 bridgehead atoms. The zero-order valence-corrected chi connectivity index (χ0v) is 13.4. The van der Waals surface area contributed by atoms with Crippen LogP contribution in [0.3, 0.4) is 0 Å². The number of hydrogen-bond acceptors (Lipinski definition) is 4. The first-order chi connectivity index (χ1) is 10.1. The summed E-state index contributed by atoms with van der Waals surface area (Å²) in [7, 11) is 1.56. The number of anilines is 2. The number of nitrogen functional groups attached to an aromatic ring is 1. The number of carbonyl (C=O) groups excluding carboxylic acids is 2. The Morgan fingerprint density at radius 2 is 2.09 bits per heavy atom. The number of halogens is 1. The molecule has 2 amide bonds. The first-order valence-corrected chi connectivity index (χ1v) is 7.11. The van der Waals surface area contributed by atoms with Gasteiger partial charge in [-0.2, -0.15) is 0 Å². The highest BCUT2D eigenvalue weighted by Crippen LogP contribution is 2.28. The molecule has 1 fully saturated rings. The average molecular weight is 328 g/mol. The molecule has 122 valence electrons. The molecule has 0 unspecified atom stereocenters. The molecule has 7 heteroatoms. The Kier molecular flexibility index (Phi) is 6.98. The normalized spacial score (nSPS) is 13.0. The van der Waals surface area contributed by atoms with E-state index in [2.05, 4.69) is 10.6 Å². The zero-order valence-electron chi connectivity index (χ0n) is 12.6. The maximum atomic E-state index is 11.8. The quantitative estimate of drug-likeness (QED) is 0.527. The van der Waals surface area contributed by atoms with Gasteiger partial charge in [0.1, 0.15) is 5.75 Å². The summed E-state index contributed by atoms with van der Waals surface area (Å²) >= 11 is 0. The first kappa shape index (κ1) is 18.1. The Hall–Kier alpha value is -1.95. The monoisotopic (exact) mass is 327 g/mol. The van der Waals surface area contributed by atoms with Gasteiger partial charge < -0.3 is 21.1 Å². The van der Waals surface area contributed by atoms with Crippen molar-refractivity contribution >= 4 is 35.6 Å². The fourth-order valence-electron chi connectivity index (χ4n) is 1.93. The van der Waals surface area contributed by atoms with E-state index in [1.165, 1.54) is 0 Å². The highest BCUT2D eigenvalue weighted by molar-refractivity contribution is 5.94. The smallest absolute Gasteiger partial charge is 0.224 e. The minimum absolute atomic E-state index is 0. The van der Waals surface area contributed by atoms with Crippen LogP contribution in [0.5, 0.6) is 5.75 Å². The maximum Gasteiger partial charge on any atom is 0.224 e. The second kappa shape index (κ2) is 8.48. The van der Waals surface area contributed by atoms with Gasteiger partial charge in [-0.1, -0.05) is 0 Å². The fourth-order valence-corrected chi connectivity index (χ4v) is 1.93. The minimum Gasteiger partial charge on any atom is -0.497 e. The van der Waals surface area contributed by atoms with Crippen molar-refractivity contribution in [2.75, 3.05) is 24.7 Å². The Bertz CT molecular complexity index is 533. The molecule has 0 heterocycles. The number of carbonyl (C=O) groups is 2. The molecule has 1 saturated carbocycles.